The molecule has 1 aliphatic heterocycles. The second kappa shape index (κ2) is 5.07. The van der Waals surface area contributed by atoms with Gasteiger partial charge in [-0.1, -0.05) is 0 Å². The standard InChI is InChI=1S/C14H16N6S/c1-9-6-21-14(19-9)10-3-2-4-20(5-10)13-11-12(16-7-15-11)17-8-18-13/h6-8,10H,2-5H2,1H3,(H,15,16,17,18). The predicted octanol–water partition coefficient (Wildman–Crippen LogP) is 2.50. The number of thiazole rings is 1. The minimum Gasteiger partial charge on any atom is -0.354 e. The molecule has 1 saturated heterocycles. The van der Waals surface area contributed by atoms with Gasteiger partial charge in [0.1, 0.15) is 11.8 Å². The zero-order valence-electron chi connectivity index (χ0n) is 11.8. The van der Waals surface area contributed by atoms with E-state index in [2.05, 4.69) is 42.1 Å². The first-order valence-electron chi connectivity index (χ1n) is 7.12. The van der Waals surface area contributed by atoms with Crippen LogP contribution in [-0.4, -0.2) is 38.0 Å². The lowest BCUT2D eigenvalue weighted by atomic mass is 9.98. The molecule has 21 heavy (non-hydrogen) atoms. The first-order chi connectivity index (χ1) is 10.3. The quantitative estimate of drug-likeness (QED) is 0.787. The molecule has 0 saturated carbocycles. The Bertz CT molecular complexity index is 764. The van der Waals surface area contributed by atoms with Crippen molar-refractivity contribution in [1.82, 2.24) is 24.9 Å². The van der Waals surface area contributed by atoms with E-state index in [4.69, 9.17) is 0 Å². The zero-order valence-corrected chi connectivity index (χ0v) is 12.6. The maximum Gasteiger partial charge on any atom is 0.182 e. The number of nitrogens with one attached hydrogen (secondary N) is 1. The number of hydrogen-bond donors (Lipinski definition) is 1. The van der Waals surface area contributed by atoms with E-state index in [0.717, 1.165) is 42.2 Å². The summed E-state index contributed by atoms with van der Waals surface area (Å²) in [5, 5.41) is 3.37. The summed E-state index contributed by atoms with van der Waals surface area (Å²) in [5.41, 5.74) is 2.77. The number of aryl methyl sites for hydroxylation is 1. The average molecular weight is 300 g/mol. The van der Waals surface area contributed by atoms with Crippen molar-refractivity contribution in [2.75, 3.05) is 18.0 Å². The predicted molar refractivity (Wildman–Crippen MR) is 82.7 cm³/mol. The molecule has 0 bridgehead atoms. The molecule has 3 aromatic heterocycles. The number of aromatic amines is 1. The molecule has 4 heterocycles. The molecule has 108 valence electrons. The zero-order chi connectivity index (χ0) is 14.2. The fraction of sp³-hybridized carbons (Fsp3) is 0.429. The number of H-pyrrole nitrogens is 1. The van der Waals surface area contributed by atoms with Crippen LogP contribution in [0.4, 0.5) is 5.82 Å². The van der Waals surface area contributed by atoms with Gasteiger partial charge in [-0.15, -0.1) is 11.3 Å². The van der Waals surface area contributed by atoms with Crippen LogP contribution in [0.25, 0.3) is 11.2 Å². The number of aromatic nitrogens is 5. The number of fused-ring (bicyclic) bond motifs is 1. The highest BCUT2D eigenvalue weighted by atomic mass is 32.1. The first kappa shape index (κ1) is 12.7. The summed E-state index contributed by atoms with van der Waals surface area (Å²) < 4.78 is 0. The van der Waals surface area contributed by atoms with Crippen molar-refractivity contribution < 1.29 is 0 Å². The van der Waals surface area contributed by atoms with Crippen LogP contribution in [0.1, 0.15) is 29.5 Å². The lowest BCUT2D eigenvalue weighted by Gasteiger charge is -2.32. The summed E-state index contributed by atoms with van der Waals surface area (Å²) in [4.78, 5) is 23.0. The summed E-state index contributed by atoms with van der Waals surface area (Å²) in [5.74, 6) is 1.45. The third-order valence-electron chi connectivity index (χ3n) is 3.91. The summed E-state index contributed by atoms with van der Waals surface area (Å²) in [6.45, 7) is 4.03. The summed E-state index contributed by atoms with van der Waals surface area (Å²) >= 11 is 1.77. The monoisotopic (exact) mass is 300 g/mol. The molecule has 0 spiro atoms. The Hall–Kier alpha value is -2.02. The van der Waals surface area contributed by atoms with Gasteiger partial charge in [0, 0.05) is 30.1 Å². The van der Waals surface area contributed by atoms with Gasteiger partial charge in [-0.2, -0.15) is 0 Å². The smallest absolute Gasteiger partial charge is 0.182 e. The van der Waals surface area contributed by atoms with Gasteiger partial charge < -0.3 is 9.88 Å². The summed E-state index contributed by atoms with van der Waals surface area (Å²) in [6.07, 6.45) is 5.62. The topological polar surface area (TPSA) is 70.6 Å². The lowest BCUT2D eigenvalue weighted by Crippen LogP contribution is -2.35. The van der Waals surface area contributed by atoms with Crippen molar-refractivity contribution in [3.63, 3.8) is 0 Å². The van der Waals surface area contributed by atoms with Crippen LogP contribution in [0.5, 0.6) is 0 Å². The normalized spacial score (nSPS) is 19.3. The number of nitrogens with zero attached hydrogens (tertiary/aromatic N) is 5. The second-order valence-electron chi connectivity index (χ2n) is 5.41. The molecule has 1 N–H and O–H groups in total. The van der Waals surface area contributed by atoms with Crippen LogP contribution >= 0.6 is 11.3 Å². The van der Waals surface area contributed by atoms with Gasteiger partial charge in [0.15, 0.2) is 11.5 Å². The molecular formula is C14H16N6S. The molecule has 4 rings (SSSR count). The minimum atomic E-state index is 0.491. The molecule has 0 radical (unpaired) electrons. The van der Waals surface area contributed by atoms with Crippen LogP contribution in [0.3, 0.4) is 0 Å². The van der Waals surface area contributed by atoms with Crippen molar-refractivity contribution >= 4 is 28.3 Å². The van der Waals surface area contributed by atoms with Crippen molar-refractivity contribution in [3.05, 3.63) is 28.7 Å². The van der Waals surface area contributed by atoms with Crippen LogP contribution < -0.4 is 4.90 Å². The highest BCUT2D eigenvalue weighted by Gasteiger charge is 2.25. The Morgan fingerprint density at radius 2 is 2.29 bits per heavy atom. The van der Waals surface area contributed by atoms with Gasteiger partial charge in [-0.25, -0.2) is 19.9 Å². The summed E-state index contributed by atoms with van der Waals surface area (Å²) in [6, 6.07) is 0. The van der Waals surface area contributed by atoms with Crippen molar-refractivity contribution in [1.29, 1.82) is 0 Å². The maximum atomic E-state index is 4.65. The Kier molecular flexibility index (Phi) is 3.07. The van der Waals surface area contributed by atoms with E-state index in [1.807, 2.05) is 0 Å². The molecule has 1 fully saturated rings. The van der Waals surface area contributed by atoms with E-state index >= 15 is 0 Å². The Morgan fingerprint density at radius 1 is 1.33 bits per heavy atom. The number of hydrogen-bond acceptors (Lipinski definition) is 6. The van der Waals surface area contributed by atoms with Crippen LogP contribution in [-0.2, 0) is 0 Å². The molecule has 3 aromatic rings. The molecule has 0 aliphatic carbocycles. The van der Waals surface area contributed by atoms with Gasteiger partial charge in [0.25, 0.3) is 0 Å². The lowest BCUT2D eigenvalue weighted by molar-refractivity contribution is 0.506. The third-order valence-corrected chi connectivity index (χ3v) is 5.03. The largest absolute Gasteiger partial charge is 0.354 e. The van der Waals surface area contributed by atoms with Crippen LogP contribution in [0.15, 0.2) is 18.0 Å². The molecule has 1 aliphatic rings. The van der Waals surface area contributed by atoms with Crippen molar-refractivity contribution in [2.24, 2.45) is 0 Å². The van der Waals surface area contributed by atoms with Crippen molar-refractivity contribution in [2.45, 2.75) is 25.7 Å². The average Bonchev–Trinajstić information content (AvgIpc) is 3.15. The molecule has 7 heteroatoms. The van der Waals surface area contributed by atoms with Gasteiger partial charge >= 0.3 is 0 Å². The summed E-state index contributed by atoms with van der Waals surface area (Å²) in [7, 11) is 0. The molecule has 0 amide bonds. The van der Waals surface area contributed by atoms with E-state index in [0.29, 0.717) is 5.92 Å². The molecule has 1 atom stereocenters. The Labute approximate surface area is 126 Å². The number of rotatable bonds is 2. The fourth-order valence-electron chi connectivity index (χ4n) is 2.92. The van der Waals surface area contributed by atoms with E-state index in [1.165, 1.54) is 11.4 Å². The van der Waals surface area contributed by atoms with E-state index < -0.39 is 0 Å². The Balaban J connectivity index is 1.65. The fourth-order valence-corrected chi connectivity index (χ4v) is 3.85. The minimum absolute atomic E-state index is 0.491. The molecule has 1 unspecified atom stereocenters. The van der Waals surface area contributed by atoms with Crippen LogP contribution in [0, 0.1) is 6.92 Å². The molecule has 0 aromatic carbocycles. The number of imidazole rings is 1. The second-order valence-corrected chi connectivity index (χ2v) is 6.30. The SMILES string of the molecule is Cc1csc(C2CCCN(c3ncnc4nc[nH]c34)C2)n1. The highest BCUT2D eigenvalue weighted by molar-refractivity contribution is 7.09. The van der Waals surface area contributed by atoms with Gasteiger partial charge in [0.05, 0.1) is 11.3 Å². The van der Waals surface area contributed by atoms with E-state index in [9.17, 15) is 0 Å². The Morgan fingerprint density at radius 3 is 3.14 bits per heavy atom. The van der Waals surface area contributed by atoms with Gasteiger partial charge in [0.2, 0.25) is 0 Å². The number of piperidine rings is 1. The third kappa shape index (κ3) is 2.27. The van der Waals surface area contributed by atoms with E-state index in [-0.39, 0.29) is 0 Å². The van der Waals surface area contributed by atoms with Crippen LogP contribution in [0.2, 0.25) is 0 Å². The van der Waals surface area contributed by atoms with E-state index in [1.54, 1.807) is 24.0 Å². The highest BCUT2D eigenvalue weighted by Crippen LogP contribution is 2.32. The van der Waals surface area contributed by atoms with Crippen molar-refractivity contribution in [3.8, 4) is 0 Å². The van der Waals surface area contributed by atoms with Gasteiger partial charge in [-0.05, 0) is 19.8 Å². The molecular weight excluding hydrogens is 284 g/mol. The molecule has 6 nitrogen and oxygen atoms in total. The maximum absolute atomic E-state index is 4.65. The first-order valence-corrected chi connectivity index (χ1v) is 8.00. The number of anilines is 1. The van der Waals surface area contributed by atoms with Gasteiger partial charge in [-0.3, -0.25) is 0 Å².